The van der Waals surface area contributed by atoms with Crippen LogP contribution in [0.5, 0.6) is 11.5 Å². The summed E-state index contributed by atoms with van der Waals surface area (Å²) in [6.45, 7) is 4.24. The molecule has 3 amide bonds. The Morgan fingerprint density at radius 2 is 1.70 bits per heavy atom. The maximum Gasteiger partial charge on any atom is 0.226 e. The number of benzene rings is 3. The fourth-order valence-corrected chi connectivity index (χ4v) is 8.59. The number of imidazole rings is 1. The van der Waals surface area contributed by atoms with E-state index in [4.69, 9.17) is 27.9 Å². The molecular formula is C47H56Cl2N6O6. The van der Waals surface area contributed by atoms with Gasteiger partial charge < -0.3 is 34.4 Å². The molecule has 2 N–H and O–H groups in total. The lowest BCUT2D eigenvalue weighted by Gasteiger charge is -2.45. The largest absolute Gasteiger partial charge is 0.457 e. The summed E-state index contributed by atoms with van der Waals surface area (Å²) in [5.41, 5.74) is 2.54. The second-order valence-electron chi connectivity index (χ2n) is 16.6. The van der Waals surface area contributed by atoms with E-state index in [1.165, 1.54) is 4.90 Å². The van der Waals surface area contributed by atoms with Gasteiger partial charge >= 0.3 is 0 Å². The van der Waals surface area contributed by atoms with Gasteiger partial charge in [-0.3, -0.25) is 19.2 Å². The van der Waals surface area contributed by atoms with Crippen molar-refractivity contribution < 1.29 is 29.0 Å². The molecular weight excluding hydrogens is 815 g/mol. The first kappa shape index (κ1) is 45.5. The number of carbonyl (C=O) groups excluding carboxylic acids is 4. The maximum absolute atomic E-state index is 14.6. The molecule has 4 aromatic rings. The van der Waals surface area contributed by atoms with Gasteiger partial charge in [0, 0.05) is 54.2 Å². The Hall–Kier alpha value is -5.01. The Kier molecular flexibility index (Phi) is 15.1. The molecule has 14 heteroatoms. The number of amides is 3. The third-order valence-corrected chi connectivity index (χ3v) is 12.2. The quantitative estimate of drug-likeness (QED) is 0.142. The third kappa shape index (κ3) is 11.3. The zero-order chi connectivity index (χ0) is 43.8. The van der Waals surface area contributed by atoms with E-state index < -0.39 is 47.6 Å². The lowest BCUT2D eigenvalue weighted by atomic mass is 9.81. The van der Waals surface area contributed by atoms with Gasteiger partial charge in [-0.1, -0.05) is 53.6 Å². The molecule has 4 atom stereocenters. The van der Waals surface area contributed by atoms with Gasteiger partial charge in [-0.2, -0.15) is 0 Å². The van der Waals surface area contributed by atoms with Gasteiger partial charge in [0.2, 0.25) is 17.7 Å². The van der Waals surface area contributed by atoms with Crippen molar-refractivity contribution in [3.63, 3.8) is 0 Å². The van der Waals surface area contributed by atoms with Gasteiger partial charge in [0.05, 0.1) is 55.0 Å². The number of Topliss-reactive ketones (excluding diaryl/α,β-unsaturated/α-hetero) is 1. The van der Waals surface area contributed by atoms with Crippen LogP contribution < -0.4 is 10.1 Å². The number of aliphatic hydroxyl groups is 1. The Morgan fingerprint density at radius 1 is 0.984 bits per heavy atom. The van der Waals surface area contributed by atoms with Gasteiger partial charge in [0.15, 0.2) is 5.78 Å². The summed E-state index contributed by atoms with van der Waals surface area (Å²) in [6, 6.07) is 19.0. The van der Waals surface area contributed by atoms with Crippen LogP contribution in [0.4, 0.5) is 0 Å². The van der Waals surface area contributed by atoms with Crippen LogP contribution in [0.1, 0.15) is 62.9 Å². The minimum atomic E-state index is -1.08. The predicted octanol–water partition coefficient (Wildman–Crippen LogP) is 7.24. The number of nitrogens with zero attached hydrogens (tertiary/aromatic N) is 5. The van der Waals surface area contributed by atoms with Crippen LogP contribution in [0.2, 0.25) is 10.0 Å². The molecule has 1 aromatic heterocycles. The lowest BCUT2D eigenvalue weighted by molar-refractivity contribution is -0.147. The molecule has 2 fully saturated rings. The number of aliphatic hydroxyl groups excluding tert-OH is 1. The molecule has 324 valence electrons. The molecule has 0 unspecified atom stereocenters. The first-order valence-corrected chi connectivity index (χ1v) is 21.6. The summed E-state index contributed by atoms with van der Waals surface area (Å²) in [6.07, 6.45) is 7.06. The van der Waals surface area contributed by atoms with Crippen LogP contribution in [0.25, 0.3) is 11.3 Å². The number of carbonyl (C=O) groups is 4. The SMILES string of the molecule is C/C=C/C[C@@H]1CC(=O)N(Cc2ccc(Cl)cc2Oc2ccc(-c3cnc(CN(C)C)n3C)cc2)[C@@H](C)C(=O)C[C@@H](CO)C(=O)N[C@@]2(Cc3ccc(Cl)cc3)CCCN(C2)C1=O. The van der Waals surface area contributed by atoms with Crippen molar-refractivity contribution in [3.05, 3.63) is 112 Å². The van der Waals surface area contributed by atoms with Crippen molar-refractivity contribution in [3.8, 4) is 22.8 Å². The van der Waals surface area contributed by atoms with E-state index in [2.05, 4.69) is 19.8 Å². The number of fused-ring (bicyclic) bond motifs is 2. The second kappa shape index (κ2) is 20.2. The van der Waals surface area contributed by atoms with E-state index in [-0.39, 0.29) is 31.8 Å². The highest BCUT2D eigenvalue weighted by atomic mass is 35.5. The summed E-state index contributed by atoms with van der Waals surface area (Å²) in [7, 11) is 5.98. The number of halogens is 2. The van der Waals surface area contributed by atoms with Crippen molar-refractivity contribution in [2.75, 3.05) is 33.8 Å². The third-order valence-electron chi connectivity index (χ3n) is 11.7. The highest BCUT2D eigenvalue weighted by molar-refractivity contribution is 6.31. The number of nitrogens with one attached hydrogen (secondary N) is 1. The monoisotopic (exact) mass is 870 g/mol. The molecule has 0 saturated carbocycles. The van der Waals surface area contributed by atoms with Gasteiger partial charge in [0.1, 0.15) is 17.3 Å². The number of aromatic nitrogens is 2. The number of ether oxygens (including phenoxy) is 1. The molecule has 12 nitrogen and oxygen atoms in total. The van der Waals surface area contributed by atoms with Gasteiger partial charge in [-0.05, 0) is 108 Å². The number of hydrogen-bond donors (Lipinski definition) is 2. The normalized spacial score (nSPS) is 21.9. The van der Waals surface area contributed by atoms with Gasteiger partial charge in [-0.25, -0.2) is 4.98 Å². The second-order valence-corrected chi connectivity index (χ2v) is 17.5. The van der Waals surface area contributed by atoms with Crippen LogP contribution >= 0.6 is 23.2 Å². The molecule has 0 radical (unpaired) electrons. The average molecular weight is 872 g/mol. The fourth-order valence-electron chi connectivity index (χ4n) is 8.30. The van der Waals surface area contributed by atoms with E-state index in [1.54, 1.807) is 42.2 Å². The molecule has 2 saturated heterocycles. The number of hydrogen-bond acceptors (Lipinski definition) is 8. The smallest absolute Gasteiger partial charge is 0.226 e. The molecule has 3 heterocycles. The Bertz CT molecular complexity index is 2220. The summed E-state index contributed by atoms with van der Waals surface area (Å²) in [5.74, 6) is -1.42. The molecule has 61 heavy (non-hydrogen) atoms. The molecule has 2 bridgehead atoms. The summed E-state index contributed by atoms with van der Waals surface area (Å²) < 4.78 is 8.47. The van der Waals surface area contributed by atoms with E-state index in [9.17, 15) is 24.3 Å². The van der Waals surface area contributed by atoms with Crippen LogP contribution in [0.3, 0.4) is 0 Å². The average Bonchev–Trinajstić information content (AvgIpc) is 3.59. The van der Waals surface area contributed by atoms with Crippen LogP contribution in [-0.2, 0) is 45.7 Å². The predicted molar refractivity (Wildman–Crippen MR) is 237 cm³/mol. The summed E-state index contributed by atoms with van der Waals surface area (Å²) in [5, 5.41) is 14.7. The topological polar surface area (TPSA) is 137 Å². The zero-order valence-electron chi connectivity index (χ0n) is 35.6. The standard InChI is InChI=1S/C47H56Cl2N6O6/c1-6-7-9-34-23-44(58)55(27-35-12-17-38(49)24-42(35)61-39-18-13-33(14-19-39)40-26-50-43(53(40)5)28-52(3)4)31(2)41(57)22-36(29-56)45(59)51-47(20-8-21-54(30-47)46(34)60)25-32-10-15-37(48)16-11-32/h6-7,10-19,24,26,31,34,36,56H,8-9,20-23,25,27-30H2,1-5H3,(H,51,59)/b7-6+/t31-,34+,36-,47+/m0/s1. The van der Waals surface area contributed by atoms with Gasteiger partial charge in [0.25, 0.3) is 0 Å². The van der Waals surface area contributed by atoms with Crippen molar-refractivity contribution in [1.82, 2.24) is 29.6 Å². The fraction of sp³-hybridized carbons (Fsp3) is 0.426. The van der Waals surface area contributed by atoms with Crippen molar-refractivity contribution >= 4 is 46.7 Å². The van der Waals surface area contributed by atoms with E-state index >= 15 is 0 Å². The Labute approximate surface area is 368 Å². The first-order valence-electron chi connectivity index (χ1n) is 20.8. The summed E-state index contributed by atoms with van der Waals surface area (Å²) in [4.78, 5) is 67.3. The summed E-state index contributed by atoms with van der Waals surface area (Å²) >= 11 is 12.7. The van der Waals surface area contributed by atoms with Crippen LogP contribution in [-0.4, -0.2) is 98.2 Å². The van der Waals surface area contributed by atoms with Crippen molar-refractivity contribution in [2.45, 2.75) is 77.0 Å². The van der Waals surface area contributed by atoms with Crippen LogP contribution in [0.15, 0.2) is 85.1 Å². The Balaban J connectivity index is 1.30. The molecule has 2 aliphatic heterocycles. The minimum Gasteiger partial charge on any atom is -0.457 e. The zero-order valence-corrected chi connectivity index (χ0v) is 37.1. The number of rotatable bonds is 12. The number of ketones is 1. The van der Waals surface area contributed by atoms with E-state index in [0.29, 0.717) is 65.9 Å². The Morgan fingerprint density at radius 3 is 2.39 bits per heavy atom. The first-order chi connectivity index (χ1) is 29.2. The lowest BCUT2D eigenvalue weighted by Crippen LogP contribution is -2.62. The van der Waals surface area contributed by atoms with Crippen molar-refractivity contribution in [2.24, 2.45) is 18.9 Å². The maximum atomic E-state index is 14.6. The minimum absolute atomic E-state index is 0.0472. The molecule has 0 spiro atoms. The van der Waals surface area contributed by atoms with Crippen LogP contribution in [0, 0.1) is 11.8 Å². The highest BCUT2D eigenvalue weighted by Crippen LogP contribution is 2.34. The molecule has 0 aliphatic carbocycles. The van der Waals surface area contributed by atoms with E-state index in [1.807, 2.05) is 82.8 Å². The van der Waals surface area contributed by atoms with Gasteiger partial charge in [-0.15, -0.1) is 0 Å². The molecule has 2 aliphatic rings. The number of piperidine rings is 1. The van der Waals surface area contributed by atoms with E-state index in [0.717, 1.165) is 22.6 Å². The molecule has 3 aromatic carbocycles. The molecule has 6 rings (SSSR count). The number of allylic oxidation sites excluding steroid dienone is 2. The van der Waals surface area contributed by atoms with Crippen molar-refractivity contribution in [1.29, 1.82) is 0 Å². The highest BCUT2D eigenvalue weighted by Gasteiger charge is 2.43.